The van der Waals surface area contributed by atoms with Gasteiger partial charge in [-0.25, -0.2) is 0 Å². The van der Waals surface area contributed by atoms with Crippen molar-refractivity contribution in [2.24, 2.45) is 0 Å². The van der Waals surface area contributed by atoms with Gasteiger partial charge in [-0.2, -0.15) is 0 Å². The molecule has 0 bridgehead atoms. The monoisotopic (exact) mass is 306 g/mol. The maximum atomic E-state index is 11.0. The number of rotatable bonds is 14. The van der Waals surface area contributed by atoms with Gasteiger partial charge in [-0.1, -0.05) is 6.92 Å². The standard InChI is InChI=1S/C14H26O7/c1-3-4-14(16)21-12-10-19-8-6-17-5-7-18-9-11-20-13(2)15/h3-12H2,1-2H3. The van der Waals surface area contributed by atoms with Crippen molar-refractivity contribution in [1.82, 2.24) is 0 Å². The van der Waals surface area contributed by atoms with E-state index in [4.69, 9.17) is 23.7 Å². The number of carbonyl (C=O) groups is 2. The third-order valence-corrected chi connectivity index (χ3v) is 2.22. The first kappa shape index (κ1) is 19.8. The Morgan fingerprint density at radius 2 is 1.14 bits per heavy atom. The van der Waals surface area contributed by atoms with Gasteiger partial charge in [0.05, 0.1) is 39.6 Å². The first-order valence-corrected chi connectivity index (χ1v) is 7.19. The second kappa shape index (κ2) is 15.2. The molecule has 0 aliphatic rings. The van der Waals surface area contributed by atoms with Gasteiger partial charge in [-0.15, -0.1) is 0 Å². The first-order valence-electron chi connectivity index (χ1n) is 7.19. The summed E-state index contributed by atoms with van der Waals surface area (Å²) in [6.07, 6.45) is 1.23. The summed E-state index contributed by atoms with van der Waals surface area (Å²) >= 11 is 0. The maximum Gasteiger partial charge on any atom is 0.305 e. The topological polar surface area (TPSA) is 80.3 Å². The normalized spacial score (nSPS) is 10.4. The molecule has 0 aromatic rings. The van der Waals surface area contributed by atoms with E-state index < -0.39 is 0 Å². The lowest BCUT2D eigenvalue weighted by atomic mass is 10.3. The van der Waals surface area contributed by atoms with Crippen LogP contribution in [0.15, 0.2) is 0 Å². The molecule has 0 saturated heterocycles. The number of ether oxygens (including phenoxy) is 5. The van der Waals surface area contributed by atoms with Gasteiger partial charge in [0.1, 0.15) is 13.2 Å². The van der Waals surface area contributed by atoms with Gasteiger partial charge in [0.25, 0.3) is 0 Å². The van der Waals surface area contributed by atoms with Crippen LogP contribution in [0.5, 0.6) is 0 Å². The minimum atomic E-state index is -0.313. The SMILES string of the molecule is CCCC(=O)OCCOCCOCCOCCOC(C)=O. The minimum absolute atomic E-state index is 0.191. The molecule has 0 aromatic carbocycles. The molecule has 0 aliphatic carbocycles. The summed E-state index contributed by atoms with van der Waals surface area (Å²) < 4.78 is 25.3. The van der Waals surface area contributed by atoms with Crippen molar-refractivity contribution in [3.05, 3.63) is 0 Å². The fourth-order valence-electron chi connectivity index (χ4n) is 1.28. The van der Waals surface area contributed by atoms with Gasteiger partial charge in [0, 0.05) is 13.3 Å². The summed E-state index contributed by atoms with van der Waals surface area (Å²) in [4.78, 5) is 21.5. The van der Waals surface area contributed by atoms with Gasteiger partial charge in [-0.05, 0) is 6.42 Å². The fraction of sp³-hybridized carbons (Fsp3) is 0.857. The second-order valence-corrected chi connectivity index (χ2v) is 4.15. The molecule has 124 valence electrons. The largest absolute Gasteiger partial charge is 0.463 e. The molecule has 21 heavy (non-hydrogen) atoms. The summed E-state index contributed by atoms with van der Waals surface area (Å²) in [7, 11) is 0. The molecular weight excluding hydrogens is 280 g/mol. The summed E-state index contributed by atoms with van der Waals surface area (Å²) in [6, 6.07) is 0. The van der Waals surface area contributed by atoms with Crippen molar-refractivity contribution in [2.45, 2.75) is 26.7 Å². The van der Waals surface area contributed by atoms with Crippen molar-refractivity contribution in [1.29, 1.82) is 0 Å². The summed E-state index contributed by atoms with van der Waals surface area (Å²) in [5.74, 6) is -0.504. The van der Waals surface area contributed by atoms with E-state index in [1.54, 1.807) is 0 Å². The highest BCUT2D eigenvalue weighted by Crippen LogP contribution is 1.91. The van der Waals surface area contributed by atoms with Gasteiger partial charge in [0.15, 0.2) is 0 Å². The molecule has 7 heteroatoms. The predicted octanol–water partition coefficient (Wildman–Crippen LogP) is 0.943. The van der Waals surface area contributed by atoms with E-state index in [9.17, 15) is 9.59 Å². The van der Waals surface area contributed by atoms with Crippen LogP contribution in [0.3, 0.4) is 0 Å². The number of hydrogen-bond acceptors (Lipinski definition) is 7. The van der Waals surface area contributed by atoms with Crippen LogP contribution in [0.4, 0.5) is 0 Å². The first-order chi connectivity index (χ1) is 10.2. The van der Waals surface area contributed by atoms with Gasteiger partial charge >= 0.3 is 11.9 Å². The molecule has 0 rings (SSSR count). The molecule has 0 heterocycles. The van der Waals surface area contributed by atoms with E-state index in [1.807, 2.05) is 6.92 Å². The van der Waals surface area contributed by atoms with Gasteiger partial charge in [-0.3, -0.25) is 9.59 Å². The molecule has 0 fully saturated rings. The minimum Gasteiger partial charge on any atom is -0.463 e. The van der Waals surface area contributed by atoms with E-state index >= 15 is 0 Å². The van der Waals surface area contributed by atoms with Crippen LogP contribution < -0.4 is 0 Å². The Morgan fingerprint density at radius 3 is 1.57 bits per heavy atom. The highest BCUT2D eigenvalue weighted by molar-refractivity contribution is 5.69. The van der Waals surface area contributed by atoms with Crippen LogP contribution >= 0.6 is 0 Å². The van der Waals surface area contributed by atoms with E-state index in [2.05, 4.69) is 0 Å². The lowest BCUT2D eigenvalue weighted by molar-refractivity contribution is -0.145. The third kappa shape index (κ3) is 16.8. The Hall–Kier alpha value is -1.18. The molecule has 0 atom stereocenters. The highest BCUT2D eigenvalue weighted by atomic mass is 16.6. The molecule has 0 aromatic heterocycles. The Kier molecular flexibility index (Phi) is 14.4. The van der Waals surface area contributed by atoms with E-state index in [-0.39, 0.29) is 25.2 Å². The molecule has 0 spiro atoms. The quantitative estimate of drug-likeness (QED) is 0.349. The van der Waals surface area contributed by atoms with Gasteiger partial charge in [0.2, 0.25) is 0 Å². The molecular formula is C14H26O7. The third-order valence-electron chi connectivity index (χ3n) is 2.22. The summed E-state index contributed by atoms with van der Waals surface area (Å²) in [5.41, 5.74) is 0. The summed E-state index contributed by atoms with van der Waals surface area (Å²) in [5, 5.41) is 0. The number of carbonyl (C=O) groups excluding carboxylic acids is 2. The van der Waals surface area contributed by atoms with Crippen LogP contribution in [-0.2, 0) is 33.3 Å². The molecule has 7 nitrogen and oxygen atoms in total. The second-order valence-electron chi connectivity index (χ2n) is 4.15. The molecule has 0 saturated carbocycles. The van der Waals surface area contributed by atoms with Crippen molar-refractivity contribution >= 4 is 11.9 Å². The van der Waals surface area contributed by atoms with E-state index in [0.717, 1.165) is 6.42 Å². The van der Waals surface area contributed by atoms with Crippen LogP contribution in [0.25, 0.3) is 0 Å². The Bertz CT molecular complexity index is 268. The average molecular weight is 306 g/mol. The molecule has 0 amide bonds. The molecule has 0 N–H and O–H groups in total. The lowest BCUT2D eigenvalue weighted by Crippen LogP contribution is -2.14. The summed E-state index contributed by atoms with van der Waals surface area (Å²) in [6.45, 7) is 6.34. The molecule has 0 unspecified atom stereocenters. The predicted molar refractivity (Wildman–Crippen MR) is 75.0 cm³/mol. The van der Waals surface area contributed by atoms with Crippen LogP contribution in [-0.4, -0.2) is 64.8 Å². The number of esters is 2. The highest BCUT2D eigenvalue weighted by Gasteiger charge is 1.99. The van der Waals surface area contributed by atoms with Crippen molar-refractivity contribution < 1.29 is 33.3 Å². The Labute approximate surface area is 125 Å². The average Bonchev–Trinajstić information content (AvgIpc) is 2.44. The number of hydrogen-bond donors (Lipinski definition) is 0. The van der Waals surface area contributed by atoms with Crippen molar-refractivity contribution in [3.63, 3.8) is 0 Å². The Morgan fingerprint density at radius 1 is 0.714 bits per heavy atom. The van der Waals surface area contributed by atoms with Crippen molar-refractivity contribution in [2.75, 3.05) is 52.9 Å². The van der Waals surface area contributed by atoms with E-state index in [1.165, 1.54) is 6.92 Å². The zero-order valence-electron chi connectivity index (χ0n) is 12.9. The fourth-order valence-corrected chi connectivity index (χ4v) is 1.28. The van der Waals surface area contributed by atoms with Crippen LogP contribution in [0.1, 0.15) is 26.7 Å². The maximum absolute atomic E-state index is 11.0. The molecule has 0 radical (unpaired) electrons. The molecule has 0 aliphatic heterocycles. The smallest absolute Gasteiger partial charge is 0.305 e. The van der Waals surface area contributed by atoms with Crippen molar-refractivity contribution in [3.8, 4) is 0 Å². The lowest BCUT2D eigenvalue weighted by Gasteiger charge is -2.07. The van der Waals surface area contributed by atoms with E-state index in [0.29, 0.717) is 46.1 Å². The van der Waals surface area contributed by atoms with Crippen LogP contribution in [0, 0.1) is 0 Å². The van der Waals surface area contributed by atoms with Crippen LogP contribution in [0.2, 0.25) is 0 Å². The Balaban J connectivity index is 3.06. The zero-order valence-corrected chi connectivity index (χ0v) is 12.9. The van der Waals surface area contributed by atoms with Gasteiger partial charge < -0.3 is 23.7 Å². The zero-order chi connectivity index (χ0) is 15.8.